The van der Waals surface area contributed by atoms with Crippen LogP contribution in [-0.2, 0) is 5.41 Å². The van der Waals surface area contributed by atoms with Crippen LogP contribution in [0.1, 0.15) is 31.4 Å². The van der Waals surface area contributed by atoms with E-state index >= 15 is 0 Å². The Labute approximate surface area is 327 Å². The number of hydrogen-bond acceptors (Lipinski definition) is 2. The average molecular weight is 718 g/mol. The third-order valence-electron chi connectivity index (χ3n) is 12.3. The van der Waals surface area contributed by atoms with E-state index in [0.29, 0.717) is 11.9 Å². The van der Waals surface area contributed by atoms with Gasteiger partial charge in [0.1, 0.15) is 0 Å². The summed E-state index contributed by atoms with van der Waals surface area (Å²) in [5, 5.41) is 3.37. The van der Waals surface area contributed by atoms with Gasteiger partial charge in [0.15, 0.2) is 0 Å². The number of fused-ring (bicyclic) bond motifs is 7. The Balaban J connectivity index is 1.18. The van der Waals surface area contributed by atoms with Gasteiger partial charge >= 0.3 is 0 Å². The van der Waals surface area contributed by atoms with E-state index in [1.165, 1.54) is 49.7 Å². The Hall–Kier alpha value is -6.84. The molecule has 1 unspecified atom stereocenters. The van der Waals surface area contributed by atoms with Crippen LogP contribution >= 0.6 is 0 Å². The highest BCUT2D eigenvalue weighted by Gasteiger charge is 2.43. The van der Waals surface area contributed by atoms with Crippen molar-refractivity contribution < 1.29 is 0 Å². The molecule has 9 aromatic rings. The number of benzene rings is 7. The molecule has 0 spiro atoms. The van der Waals surface area contributed by atoms with Gasteiger partial charge in [0.25, 0.3) is 0 Å². The molecule has 2 aliphatic rings. The van der Waals surface area contributed by atoms with Crippen molar-refractivity contribution >= 4 is 38.3 Å². The van der Waals surface area contributed by atoms with E-state index in [1.807, 2.05) is 0 Å². The Morgan fingerprint density at radius 2 is 1.23 bits per heavy atom. The zero-order valence-corrected chi connectivity index (χ0v) is 31.4. The minimum atomic E-state index is 0.0726. The van der Waals surface area contributed by atoms with Gasteiger partial charge in [-0.25, -0.2) is 9.97 Å². The van der Waals surface area contributed by atoms with E-state index in [2.05, 4.69) is 200 Å². The van der Waals surface area contributed by atoms with Gasteiger partial charge in [0.2, 0.25) is 5.95 Å². The number of para-hydroxylation sites is 2. The van der Waals surface area contributed by atoms with Crippen LogP contribution < -0.4 is 0 Å². The second-order valence-corrected chi connectivity index (χ2v) is 15.8. The molecule has 0 amide bonds. The summed E-state index contributed by atoms with van der Waals surface area (Å²) in [7, 11) is 0. The van der Waals surface area contributed by atoms with Gasteiger partial charge in [-0.1, -0.05) is 172 Å². The largest absolute Gasteiger partial charge is 0.277 e. The van der Waals surface area contributed by atoms with Crippen LogP contribution in [0.4, 0.5) is 0 Å². The van der Waals surface area contributed by atoms with Crippen molar-refractivity contribution in [2.45, 2.75) is 25.7 Å². The number of aromatic nitrogens is 3. The van der Waals surface area contributed by atoms with E-state index in [-0.39, 0.29) is 5.41 Å². The van der Waals surface area contributed by atoms with E-state index in [1.54, 1.807) is 0 Å². The second-order valence-electron chi connectivity index (χ2n) is 15.8. The van der Waals surface area contributed by atoms with Gasteiger partial charge in [-0.2, -0.15) is 0 Å². The fourth-order valence-corrected chi connectivity index (χ4v) is 9.55. The molecule has 11 rings (SSSR count). The standard InChI is InChI=1S/C53H39N3/c1-53(2)45-27-11-9-22-42(45)49-39(24-15-28-46(49)53)37-20-13-21-38(32-37)40-25-14-26-41-44-33-36(34-16-5-3-6-17-34)30-31-48(44)56(51(40)41)52-54-47-29-12-10-23-43(47)50(55-52)35-18-7-4-8-19-35/h3-26,28-33,45H,27H2,1-2H3. The lowest BCUT2D eigenvalue weighted by molar-refractivity contribution is 0.414. The van der Waals surface area contributed by atoms with Crippen LogP contribution in [-0.4, -0.2) is 14.5 Å². The molecule has 3 nitrogen and oxygen atoms in total. The zero-order valence-electron chi connectivity index (χ0n) is 31.4. The number of hydrogen-bond donors (Lipinski definition) is 0. The van der Waals surface area contributed by atoms with E-state index < -0.39 is 0 Å². The van der Waals surface area contributed by atoms with Crippen LogP contribution in [0.5, 0.6) is 0 Å². The molecule has 266 valence electrons. The van der Waals surface area contributed by atoms with Crippen molar-refractivity contribution in [3.8, 4) is 50.6 Å². The Morgan fingerprint density at radius 1 is 0.554 bits per heavy atom. The maximum absolute atomic E-state index is 5.43. The van der Waals surface area contributed by atoms with Crippen molar-refractivity contribution in [2.24, 2.45) is 5.92 Å². The molecule has 2 aromatic heterocycles. The Bertz CT molecular complexity index is 3070. The summed E-state index contributed by atoms with van der Waals surface area (Å²) < 4.78 is 2.30. The highest BCUT2D eigenvalue weighted by atomic mass is 15.2. The van der Waals surface area contributed by atoms with Crippen LogP contribution in [0.3, 0.4) is 0 Å². The topological polar surface area (TPSA) is 30.7 Å². The molecule has 1 atom stereocenters. The van der Waals surface area contributed by atoms with Gasteiger partial charge in [-0.15, -0.1) is 0 Å². The number of rotatable bonds is 5. The number of allylic oxidation sites excluding steroid dienone is 4. The van der Waals surface area contributed by atoms with Crippen LogP contribution in [0.25, 0.3) is 88.9 Å². The van der Waals surface area contributed by atoms with Crippen molar-refractivity contribution in [3.63, 3.8) is 0 Å². The summed E-state index contributed by atoms with van der Waals surface area (Å²) in [6.07, 6.45) is 8.00. The first-order valence-corrected chi connectivity index (χ1v) is 19.6. The lowest BCUT2D eigenvalue weighted by atomic mass is 9.75. The van der Waals surface area contributed by atoms with Crippen molar-refractivity contribution in [2.75, 3.05) is 0 Å². The maximum atomic E-state index is 5.43. The minimum Gasteiger partial charge on any atom is -0.277 e. The first kappa shape index (κ1) is 32.6. The molecule has 2 aliphatic carbocycles. The smallest absolute Gasteiger partial charge is 0.235 e. The van der Waals surface area contributed by atoms with Crippen LogP contribution in [0.2, 0.25) is 0 Å². The molecule has 0 aliphatic heterocycles. The summed E-state index contributed by atoms with van der Waals surface area (Å²) in [4.78, 5) is 10.7. The molecule has 0 bridgehead atoms. The van der Waals surface area contributed by atoms with Gasteiger partial charge in [-0.3, -0.25) is 4.57 Å². The highest BCUT2D eigenvalue weighted by molar-refractivity contribution is 6.15. The fraction of sp³-hybridized carbons (Fsp3) is 0.0943. The zero-order chi connectivity index (χ0) is 37.4. The third kappa shape index (κ3) is 4.97. The fourth-order valence-electron chi connectivity index (χ4n) is 9.55. The molecule has 0 saturated carbocycles. The molecular weight excluding hydrogens is 679 g/mol. The maximum Gasteiger partial charge on any atom is 0.235 e. The van der Waals surface area contributed by atoms with Crippen molar-refractivity contribution in [1.82, 2.24) is 14.5 Å². The van der Waals surface area contributed by atoms with Gasteiger partial charge < -0.3 is 0 Å². The summed E-state index contributed by atoms with van der Waals surface area (Å²) in [5.74, 6) is 1.14. The SMILES string of the molecule is CC1(C)c2cccc(-c3cccc(-c4cccc5c6cc(-c7ccccc7)ccc6n(-c6nc(-c7ccccc7)c7ccccc7n6)c45)c3)c2C2=CC=CCC21. The lowest BCUT2D eigenvalue weighted by Gasteiger charge is -2.29. The molecule has 0 fully saturated rings. The Kier molecular flexibility index (Phi) is 7.34. The van der Waals surface area contributed by atoms with Crippen molar-refractivity contribution in [3.05, 3.63) is 193 Å². The summed E-state index contributed by atoms with van der Waals surface area (Å²) in [6, 6.07) is 59.0. The number of nitrogens with zero attached hydrogens (tertiary/aromatic N) is 3. The summed E-state index contributed by atoms with van der Waals surface area (Å²) in [5.41, 5.74) is 16.7. The van der Waals surface area contributed by atoms with Crippen LogP contribution in [0.15, 0.2) is 182 Å². The monoisotopic (exact) mass is 717 g/mol. The molecule has 0 radical (unpaired) electrons. The lowest BCUT2D eigenvalue weighted by Crippen LogP contribution is -2.23. The third-order valence-corrected chi connectivity index (χ3v) is 12.3. The predicted molar refractivity (Wildman–Crippen MR) is 234 cm³/mol. The van der Waals surface area contributed by atoms with Gasteiger partial charge in [-0.05, 0) is 86.5 Å². The predicted octanol–water partition coefficient (Wildman–Crippen LogP) is 13.6. The molecule has 7 aromatic carbocycles. The molecular formula is C53H39N3. The van der Waals surface area contributed by atoms with Gasteiger partial charge in [0.05, 0.1) is 22.2 Å². The van der Waals surface area contributed by atoms with Crippen molar-refractivity contribution in [1.29, 1.82) is 0 Å². The average Bonchev–Trinajstić information content (AvgIpc) is 3.72. The first-order valence-electron chi connectivity index (χ1n) is 19.6. The summed E-state index contributed by atoms with van der Waals surface area (Å²) in [6.45, 7) is 4.83. The van der Waals surface area contributed by atoms with Gasteiger partial charge in [0, 0.05) is 27.3 Å². The highest BCUT2D eigenvalue weighted by Crippen LogP contribution is 2.55. The molecule has 3 heteroatoms. The quantitative estimate of drug-likeness (QED) is 0.177. The molecule has 0 saturated heterocycles. The second kappa shape index (κ2) is 12.6. The van der Waals surface area contributed by atoms with E-state index in [0.717, 1.165) is 50.7 Å². The first-order chi connectivity index (χ1) is 27.5. The Morgan fingerprint density at radius 3 is 2.07 bits per heavy atom. The van der Waals surface area contributed by atoms with E-state index in [4.69, 9.17) is 9.97 Å². The van der Waals surface area contributed by atoms with Crippen LogP contribution in [0, 0.1) is 5.92 Å². The molecule has 0 N–H and O–H groups in total. The molecule has 2 heterocycles. The normalized spacial score (nSPS) is 15.6. The summed E-state index contributed by atoms with van der Waals surface area (Å²) >= 11 is 0. The minimum absolute atomic E-state index is 0.0726. The van der Waals surface area contributed by atoms with E-state index in [9.17, 15) is 0 Å². The molecule has 56 heavy (non-hydrogen) atoms.